The molecule has 5 amide bonds. The maximum Gasteiger partial charge on any atom is 0.261 e. The molecule has 0 aromatic heterocycles. The van der Waals surface area contributed by atoms with Crippen LogP contribution in [0.3, 0.4) is 0 Å². The largest absolute Gasteiger partial charge is 0.357 e. The number of likely N-dealkylation sites (tertiary alicyclic amines) is 1. The van der Waals surface area contributed by atoms with Crippen LogP contribution in [0.15, 0.2) is 84.9 Å². The molecule has 1 fully saturated rings. The van der Waals surface area contributed by atoms with Crippen molar-refractivity contribution < 1.29 is 24.0 Å². The van der Waals surface area contributed by atoms with Gasteiger partial charge in [0, 0.05) is 26.6 Å². The summed E-state index contributed by atoms with van der Waals surface area (Å²) in [6, 6.07) is 25.4. The van der Waals surface area contributed by atoms with E-state index in [0.29, 0.717) is 62.6 Å². The predicted octanol–water partition coefficient (Wildman–Crippen LogP) is 3.83. The topological polar surface area (TPSA) is 116 Å². The van der Waals surface area contributed by atoms with Gasteiger partial charge >= 0.3 is 0 Å². The number of rotatable bonds is 14. The number of nitrogens with zero attached hydrogens (tertiary/aromatic N) is 2. The average Bonchev–Trinajstić information content (AvgIpc) is 3.53. The van der Waals surface area contributed by atoms with Gasteiger partial charge in [-0.1, -0.05) is 79.2 Å². The van der Waals surface area contributed by atoms with Crippen molar-refractivity contribution in [2.75, 3.05) is 20.1 Å². The zero-order valence-corrected chi connectivity index (χ0v) is 26.9. The Balaban J connectivity index is 1.24. The molecule has 10 heteroatoms. The Morgan fingerprint density at radius 2 is 1.41 bits per heavy atom. The molecule has 9 nitrogen and oxygen atoms in total. The second-order valence-electron chi connectivity index (χ2n) is 11.9. The maximum absolute atomic E-state index is 14.3. The van der Waals surface area contributed by atoms with Gasteiger partial charge in [0.05, 0.1) is 16.4 Å². The monoisotopic (exact) mass is 640 g/mol. The van der Waals surface area contributed by atoms with Crippen molar-refractivity contribution >= 4 is 42.2 Å². The second kappa shape index (κ2) is 14.8. The first kappa shape index (κ1) is 32.9. The Kier molecular flexibility index (Phi) is 10.6. The van der Waals surface area contributed by atoms with Crippen LogP contribution in [-0.4, -0.2) is 76.3 Å². The molecule has 46 heavy (non-hydrogen) atoms. The highest BCUT2D eigenvalue weighted by Crippen LogP contribution is 2.31. The van der Waals surface area contributed by atoms with Crippen molar-refractivity contribution in [2.45, 2.75) is 61.8 Å². The first-order chi connectivity index (χ1) is 22.2. The van der Waals surface area contributed by atoms with Gasteiger partial charge < -0.3 is 15.5 Å². The molecule has 2 aliphatic heterocycles. The van der Waals surface area contributed by atoms with Gasteiger partial charge in [0.2, 0.25) is 17.7 Å². The molecule has 2 N–H and O–H groups in total. The third kappa shape index (κ3) is 7.17. The number of carbonyl (C=O) groups is 5. The minimum atomic E-state index is -1.18. The SMILES string of the molecule is CNC(=O)[C@H](Cc1ccccc1)N1CCC(CCc2ccccc2)(NC(=O)[C@@H](S)CCCCN2C(=O)c3ccccc3C2=O)C1=O. The van der Waals surface area contributed by atoms with Gasteiger partial charge in [-0.05, 0) is 55.4 Å². The van der Waals surface area contributed by atoms with Gasteiger partial charge in [-0.25, -0.2) is 0 Å². The lowest BCUT2D eigenvalue weighted by molar-refractivity contribution is -0.142. The van der Waals surface area contributed by atoms with Gasteiger partial charge in [0.15, 0.2) is 0 Å². The number of fused-ring (bicyclic) bond motifs is 1. The number of thiol groups is 1. The summed E-state index contributed by atoms with van der Waals surface area (Å²) >= 11 is 4.59. The number of hydrogen-bond acceptors (Lipinski definition) is 6. The summed E-state index contributed by atoms with van der Waals surface area (Å²) in [5.74, 6) is -1.48. The highest BCUT2D eigenvalue weighted by Gasteiger charge is 2.50. The van der Waals surface area contributed by atoms with Crippen LogP contribution in [0.5, 0.6) is 0 Å². The Bertz CT molecular complexity index is 1550. The summed E-state index contributed by atoms with van der Waals surface area (Å²) in [4.78, 5) is 69.1. The molecular formula is C36H40N4O5S. The Morgan fingerprint density at radius 3 is 2.02 bits per heavy atom. The number of imide groups is 1. The van der Waals surface area contributed by atoms with Crippen LogP contribution in [0.2, 0.25) is 0 Å². The number of hydrogen-bond donors (Lipinski definition) is 3. The second-order valence-corrected chi connectivity index (χ2v) is 12.6. The third-order valence-electron chi connectivity index (χ3n) is 8.98. The van der Waals surface area contributed by atoms with Crippen molar-refractivity contribution in [3.63, 3.8) is 0 Å². The van der Waals surface area contributed by atoms with E-state index in [-0.39, 0.29) is 36.1 Å². The summed E-state index contributed by atoms with van der Waals surface area (Å²) < 4.78 is 0. The molecule has 1 unspecified atom stereocenters. The lowest BCUT2D eigenvalue weighted by Gasteiger charge is -2.33. The zero-order chi connectivity index (χ0) is 32.7. The molecule has 0 saturated carbocycles. The predicted molar refractivity (Wildman–Crippen MR) is 178 cm³/mol. The van der Waals surface area contributed by atoms with E-state index in [9.17, 15) is 24.0 Å². The summed E-state index contributed by atoms with van der Waals surface area (Å²) in [6.45, 7) is 0.585. The molecule has 240 valence electrons. The Labute approximate surface area is 275 Å². The van der Waals surface area contributed by atoms with Crippen molar-refractivity contribution in [1.29, 1.82) is 0 Å². The summed E-state index contributed by atoms with van der Waals surface area (Å²) in [7, 11) is 1.56. The number of aryl methyl sites for hydroxylation is 1. The minimum Gasteiger partial charge on any atom is -0.357 e. The Hall–Kier alpha value is -4.44. The molecule has 3 atom stereocenters. The molecule has 0 spiro atoms. The molecule has 0 radical (unpaired) electrons. The smallest absolute Gasteiger partial charge is 0.261 e. The molecule has 3 aromatic carbocycles. The van der Waals surface area contributed by atoms with Gasteiger partial charge in [0.25, 0.3) is 11.8 Å². The summed E-state index contributed by atoms with van der Waals surface area (Å²) in [6.07, 6.45) is 3.16. The van der Waals surface area contributed by atoms with E-state index >= 15 is 0 Å². The molecule has 0 bridgehead atoms. The van der Waals surface area contributed by atoms with Gasteiger partial charge in [-0.15, -0.1) is 0 Å². The molecule has 3 aromatic rings. The fourth-order valence-corrected chi connectivity index (χ4v) is 6.60. The van der Waals surface area contributed by atoms with E-state index in [1.54, 1.807) is 36.2 Å². The molecule has 5 rings (SSSR count). The quantitative estimate of drug-likeness (QED) is 0.141. The lowest BCUT2D eigenvalue weighted by Crippen LogP contribution is -2.58. The van der Waals surface area contributed by atoms with Crippen molar-refractivity contribution in [1.82, 2.24) is 20.4 Å². The molecule has 2 heterocycles. The molecular weight excluding hydrogens is 600 g/mol. The van der Waals surface area contributed by atoms with Gasteiger partial charge in [0.1, 0.15) is 11.6 Å². The Morgan fingerprint density at radius 1 is 0.826 bits per heavy atom. The van der Waals surface area contributed by atoms with Crippen molar-refractivity contribution in [3.8, 4) is 0 Å². The normalized spacial score (nSPS) is 18.8. The van der Waals surface area contributed by atoms with Crippen molar-refractivity contribution in [2.24, 2.45) is 0 Å². The van der Waals surface area contributed by atoms with Crippen LogP contribution in [0.4, 0.5) is 0 Å². The lowest BCUT2D eigenvalue weighted by atomic mass is 9.89. The van der Waals surface area contributed by atoms with E-state index in [1.165, 1.54) is 4.90 Å². The summed E-state index contributed by atoms with van der Waals surface area (Å²) in [5.41, 5.74) is 1.63. The van der Waals surface area contributed by atoms with Crippen LogP contribution in [-0.2, 0) is 27.2 Å². The molecule has 1 saturated heterocycles. The van der Waals surface area contributed by atoms with E-state index < -0.39 is 16.8 Å². The van der Waals surface area contributed by atoms with E-state index in [0.717, 1.165) is 11.1 Å². The summed E-state index contributed by atoms with van der Waals surface area (Å²) in [5, 5.41) is 5.08. The van der Waals surface area contributed by atoms with E-state index in [1.807, 2.05) is 60.7 Å². The van der Waals surface area contributed by atoms with Gasteiger partial charge in [-0.3, -0.25) is 28.9 Å². The minimum absolute atomic E-state index is 0.255. The fourth-order valence-electron chi connectivity index (χ4n) is 6.35. The van der Waals surface area contributed by atoms with Crippen LogP contribution in [0, 0.1) is 0 Å². The average molecular weight is 641 g/mol. The molecule has 2 aliphatic rings. The highest BCUT2D eigenvalue weighted by molar-refractivity contribution is 7.81. The fraction of sp³-hybridized carbons (Fsp3) is 0.361. The van der Waals surface area contributed by atoms with E-state index in [4.69, 9.17) is 0 Å². The van der Waals surface area contributed by atoms with Gasteiger partial charge in [-0.2, -0.15) is 12.6 Å². The van der Waals surface area contributed by atoms with Crippen LogP contribution in [0.1, 0.15) is 63.9 Å². The first-order valence-corrected chi connectivity index (χ1v) is 16.3. The van der Waals surface area contributed by atoms with Crippen LogP contribution < -0.4 is 10.6 Å². The molecule has 0 aliphatic carbocycles. The number of amides is 5. The number of carbonyl (C=O) groups excluding carboxylic acids is 5. The number of unbranched alkanes of at least 4 members (excludes halogenated alkanes) is 1. The number of nitrogens with one attached hydrogen (secondary N) is 2. The number of benzene rings is 3. The van der Waals surface area contributed by atoms with E-state index in [2.05, 4.69) is 23.3 Å². The first-order valence-electron chi connectivity index (χ1n) is 15.8. The third-order valence-corrected chi connectivity index (χ3v) is 9.48. The zero-order valence-electron chi connectivity index (χ0n) is 26.0. The highest BCUT2D eigenvalue weighted by atomic mass is 32.1. The van der Waals surface area contributed by atoms with Crippen LogP contribution >= 0.6 is 12.6 Å². The maximum atomic E-state index is 14.3. The van der Waals surface area contributed by atoms with Crippen LogP contribution in [0.25, 0.3) is 0 Å². The standard InChI is InChI=1S/C36H40N4O5S/c1-37-31(41)29(24-26-14-6-3-7-15-26)39-23-21-36(35(39)45,20-19-25-12-4-2-5-13-25)38-32(42)30(46)18-10-11-22-40-33(43)27-16-8-9-17-28(27)34(40)44/h2-9,12-17,29-30,46H,10-11,18-24H2,1H3,(H,37,41)(H,38,42)/t29-,30-,36?/m0/s1. The number of likely N-dealkylation sites (N-methyl/N-ethyl adjacent to an activating group) is 1. The van der Waals surface area contributed by atoms with Crippen molar-refractivity contribution in [3.05, 3.63) is 107 Å².